The number of amides is 1. The number of carbonyl (C=O) groups is 1. The third-order valence-corrected chi connectivity index (χ3v) is 4.83. The van der Waals surface area contributed by atoms with Crippen LogP contribution >= 0.6 is 0 Å². The summed E-state index contributed by atoms with van der Waals surface area (Å²) in [4.78, 5) is 13.7. The summed E-state index contributed by atoms with van der Waals surface area (Å²) in [7, 11) is 0. The van der Waals surface area contributed by atoms with Gasteiger partial charge >= 0.3 is 0 Å². The fourth-order valence-electron chi connectivity index (χ4n) is 3.59. The Hall–Kier alpha value is -0.610. The zero-order chi connectivity index (χ0) is 13.9. The number of rotatable bonds is 4. The number of carbonyl (C=O) groups excluding carboxylic acids is 1. The van der Waals surface area contributed by atoms with Crippen LogP contribution in [-0.2, 0) is 4.79 Å². The van der Waals surface area contributed by atoms with Crippen molar-refractivity contribution >= 4 is 5.91 Å². The van der Waals surface area contributed by atoms with Crippen molar-refractivity contribution in [3.63, 3.8) is 0 Å². The fraction of sp³-hybridized carbons (Fsp3) is 0.933. The lowest BCUT2D eigenvalue weighted by Crippen LogP contribution is -2.46. The van der Waals surface area contributed by atoms with E-state index in [1.165, 1.54) is 45.4 Å². The highest BCUT2D eigenvalue weighted by Crippen LogP contribution is 2.28. The first kappa shape index (κ1) is 14.8. The third-order valence-electron chi connectivity index (χ3n) is 4.83. The highest BCUT2D eigenvalue weighted by atomic mass is 16.1. The van der Waals surface area contributed by atoms with Crippen LogP contribution in [-0.4, -0.2) is 49.6 Å². The summed E-state index contributed by atoms with van der Waals surface area (Å²) in [6.45, 7) is 12.1. The lowest BCUT2D eigenvalue weighted by molar-refractivity contribution is -0.120. The van der Waals surface area contributed by atoms with Gasteiger partial charge in [0, 0.05) is 26.1 Å². The Balaban J connectivity index is 1.74. The summed E-state index contributed by atoms with van der Waals surface area (Å²) in [5, 5.41) is 6.52. The Morgan fingerprint density at radius 2 is 2.16 bits per heavy atom. The molecule has 0 radical (unpaired) electrons. The van der Waals surface area contributed by atoms with E-state index in [9.17, 15) is 4.79 Å². The standard InChI is InChI=1S/C15H29N3O/c1-12(17-13(2)19)14-4-8-18(9-5-14)11-15(3)6-7-16-10-15/h12,14,16H,4-11H2,1-3H3,(H,17,19). The molecule has 2 aliphatic heterocycles. The van der Waals surface area contributed by atoms with Crippen LogP contribution in [0, 0.1) is 11.3 Å². The molecule has 2 heterocycles. The van der Waals surface area contributed by atoms with E-state index in [2.05, 4.69) is 29.4 Å². The van der Waals surface area contributed by atoms with E-state index in [1.807, 2.05) is 0 Å². The van der Waals surface area contributed by atoms with E-state index in [0.29, 0.717) is 17.4 Å². The van der Waals surface area contributed by atoms with Crippen LogP contribution in [0.5, 0.6) is 0 Å². The number of piperidine rings is 1. The van der Waals surface area contributed by atoms with E-state index < -0.39 is 0 Å². The second-order valence-corrected chi connectivity index (χ2v) is 6.84. The maximum absolute atomic E-state index is 11.1. The van der Waals surface area contributed by atoms with Gasteiger partial charge in [0.2, 0.25) is 5.91 Å². The molecule has 2 atom stereocenters. The summed E-state index contributed by atoms with van der Waals surface area (Å²) in [6, 6.07) is 0.323. The number of nitrogens with one attached hydrogen (secondary N) is 2. The van der Waals surface area contributed by atoms with Crippen molar-refractivity contribution in [2.24, 2.45) is 11.3 Å². The Bertz CT molecular complexity index is 305. The predicted molar refractivity (Wildman–Crippen MR) is 78.0 cm³/mol. The molecular formula is C15H29N3O. The quantitative estimate of drug-likeness (QED) is 0.805. The normalized spacial score (nSPS) is 31.3. The van der Waals surface area contributed by atoms with Crippen LogP contribution in [0.3, 0.4) is 0 Å². The van der Waals surface area contributed by atoms with Gasteiger partial charge < -0.3 is 15.5 Å². The molecule has 0 spiro atoms. The van der Waals surface area contributed by atoms with Crippen LogP contribution in [0.4, 0.5) is 0 Å². The van der Waals surface area contributed by atoms with Gasteiger partial charge in [0.25, 0.3) is 0 Å². The molecule has 0 saturated carbocycles. The Morgan fingerprint density at radius 3 is 2.68 bits per heavy atom. The predicted octanol–water partition coefficient (Wildman–Crippen LogP) is 1.22. The van der Waals surface area contributed by atoms with Gasteiger partial charge in [-0.1, -0.05) is 6.92 Å². The van der Waals surface area contributed by atoms with Crippen LogP contribution in [0.1, 0.15) is 40.0 Å². The summed E-state index contributed by atoms with van der Waals surface area (Å²) in [5.41, 5.74) is 0.468. The first-order valence-corrected chi connectivity index (χ1v) is 7.69. The van der Waals surface area contributed by atoms with Gasteiger partial charge in [-0.3, -0.25) is 4.79 Å². The average molecular weight is 267 g/mol. The molecule has 19 heavy (non-hydrogen) atoms. The minimum atomic E-state index is 0.0967. The number of hydrogen-bond donors (Lipinski definition) is 2. The molecule has 4 nitrogen and oxygen atoms in total. The molecule has 0 aromatic carbocycles. The van der Waals surface area contributed by atoms with Crippen LogP contribution < -0.4 is 10.6 Å². The topological polar surface area (TPSA) is 44.4 Å². The van der Waals surface area contributed by atoms with Crippen molar-refractivity contribution in [3.05, 3.63) is 0 Å². The second kappa shape index (κ2) is 6.23. The van der Waals surface area contributed by atoms with Gasteiger partial charge in [-0.05, 0) is 57.2 Å². The first-order chi connectivity index (χ1) is 8.98. The van der Waals surface area contributed by atoms with Crippen molar-refractivity contribution in [3.8, 4) is 0 Å². The zero-order valence-corrected chi connectivity index (χ0v) is 12.7. The molecule has 0 aromatic heterocycles. The fourth-order valence-corrected chi connectivity index (χ4v) is 3.59. The van der Waals surface area contributed by atoms with Gasteiger partial charge in [0.1, 0.15) is 0 Å². The molecule has 0 aromatic rings. The van der Waals surface area contributed by atoms with Gasteiger partial charge in [0.15, 0.2) is 0 Å². The van der Waals surface area contributed by atoms with Gasteiger partial charge in [-0.2, -0.15) is 0 Å². The minimum absolute atomic E-state index is 0.0967. The van der Waals surface area contributed by atoms with Gasteiger partial charge in [-0.15, -0.1) is 0 Å². The van der Waals surface area contributed by atoms with E-state index in [0.717, 1.165) is 6.54 Å². The molecule has 2 N–H and O–H groups in total. The van der Waals surface area contributed by atoms with Gasteiger partial charge in [-0.25, -0.2) is 0 Å². The van der Waals surface area contributed by atoms with Crippen LogP contribution in [0.15, 0.2) is 0 Å². The molecule has 1 amide bonds. The molecule has 2 unspecified atom stereocenters. The molecule has 2 aliphatic rings. The number of nitrogens with zero attached hydrogens (tertiary/aromatic N) is 1. The van der Waals surface area contributed by atoms with Crippen LogP contribution in [0.25, 0.3) is 0 Å². The second-order valence-electron chi connectivity index (χ2n) is 6.84. The first-order valence-electron chi connectivity index (χ1n) is 7.69. The molecular weight excluding hydrogens is 238 g/mol. The smallest absolute Gasteiger partial charge is 0.217 e. The molecule has 2 fully saturated rings. The van der Waals surface area contributed by atoms with E-state index >= 15 is 0 Å². The molecule has 4 heteroatoms. The monoisotopic (exact) mass is 267 g/mol. The highest BCUT2D eigenvalue weighted by Gasteiger charge is 2.32. The van der Waals surface area contributed by atoms with E-state index in [-0.39, 0.29) is 5.91 Å². The number of likely N-dealkylation sites (tertiary alicyclic amines) is 1. The SMILES string of the molecule is CC(=O)NC(C)C1CCN(CC2(C)CCNC2)CC1. The van der Waals surface area contributed by atoms with Crippen molar-refractivity contribution in [1.82, 2.24) is 15.5 Å². The Labute approximate surface area is 117 Å². The molecule has 110 valence electrons. The largest absolute Gasteiger partial charge is 0.354 e. The van der Waals surface area contributed by atoms with Crippen molar-refractivity contribution in [1.29, 1.82) is 0 Å². The van der Waals surface area contributed by atoms with E-state index in [4.69, 9.17) is 0 Å². The van der Waals surface area contributed by atoms with Gasteiger partial charge in [0.05, 0.1) is 0 Å². The minimum Gasteiger partial charge on any atom is -0.354 e. The van der Waals surface area contributed by atoms with Crippen LogP contribution in [0.2, 0.25) is 0 Å². The summed E-state index contributed by atoms with van der Waals surface area (Å²) in [5.74, 6) is 0.745. The maximum atomic E-state index is 11.1. The lowest BCUT2D eigenvalue weighted by atomic mass is 9.86. The molecule has 0 aliphatic carbocycles. The summed E-state index contributed by atoms with van der Waals surface area (Å²) in [6.07, 6.45) is 3.73. The Morgan fingerprint density at radius 1 is 1.47 bits per heavy atom. The lowest BCUT2D eigenvalue weighted by Gasteiger charge is -2.38. The zero-order valence-electron chi connectivity index (χ0n) is 12.7. The van der Waals surface area contributed by atoms with Crippen molar-refractivity contribution in [2.45, 2.75) is 46.1 Å². The average Bonchev–Trinajstić information content (AvgIpc) is 2.75. The summed E-state index contributed by atoms with van der Waals surface area (Å²) < 4.78 is 0. The third kappa shape index (κ3) is 4.18. The molecule has 0 bridgehead atoms. The maximum Gasteiger partial charge on any atom is 0.217 e. The van der Waals surface area contributed by atoms with Crippen molar-refractivity contribution in [2.75, 3.05) is 32.7 Å². The highest BCUT2D eigenvalue weighted by molar-refractivity contribution is 5.73. The molecule has 2 saturated heterocycles. The molecule has 2 rings (SSSR count). The Kier molecular flexibility index (Phi) is 4.85. The van der Waals surface area contributed by atoms with Crippen molar-refractivity contribution < 1.29 is 4.79 Å². The number of hydrogen-bond acceptors (Lipinski definition) is 3. The van der Waals surface area contributed by atoms with E-state index in [1.54, 1.807) is 6.92 Å². The summed E-state index contributed by atoms with van der Waals surface area (Å²) >= 11 is 0.